The van der Waals surface area contributed by atoms with Gasteiger partial charge >= 0.3 is 0 Å². The highest BCUT2D eigenvalue weighted by molar-refractivity contribution is 5.87. The monoisotopic (exact) mass is 372 g/mol. The van der Waals surface area contributed by atoms with E-state index in [9.17, 15) is 4.79 Å². The molecule has 0 fully saturated rings. The molecule has 0 saturated carbocycles. The van der Waals surface area contributed by atoms with E-state index in [1.165, 1.54) is 5.56 Å². The van der Waals surface area contributed by atoms with Crippen molar-refractivity contribution in [3.8, 4) is 0 Å². The second kappa shape index (κ2) is 9.86. The number of carbonyl (C=O) groups excluding carboxylic acids is 1. The molecule has 144 valence electrons. The third-order valence-corrected chi connectivity index (χ3v) is 5.08. The molecule has 3 heteroatoms. The summed E-state index contributed by atoms with van der Waals surface area (Å²) in [6.07, 6.45) is 0.898. The minimum Gasteiger partial charge on any atom is -0.354 e. The van der Waals surface area contributed by atoms with Crippen LogP contribution < -0.4 is 5.32 Å². The molecular formula is C25H28N2O. The number of nitrogens with one attached hydrogen (secondary N) is 1. The molecule has 0 saturated heterocycles. The lowest BCUT2D eigenvalue weighted by atomic mass is 9.90. The smallest absolute Gasteiger partial charge is 0.232 e. The lowest BCUT2D eigenvalue weighted by Crippen LogP contribution is -2.43. The van der Waals surface area contributed by atoms with Crippen molar-refractivity contribution >= 4 is 5.91 Å². The van der Waals surface area contributed by atoms with Gasteiger partial charge in [-0.2, -0.15) is 0 Å². The molecule has 0 aliphatic rings. The van der Waals surface area contributed by atoms with Crippen molar-refractivity contribution in [2.75, 3.05) is 20.6 Å². The Morgan fingerprint density at radius 2 is 1.25 bits per heavy atom. The Bertz CT molecular complexity index is 808. The van der Waals surface area contributed by atoms with Crippen LogP contribution in [0.3, 0.4) is 0 Å². The molecule has 0 unspecified atom stereocenters. The third-order valence-electron chi connectivity index (χ3n) is 5.08. The van der Waals surface area contributed by atoms with E-state index in [2.05, 4.69) is 48.6 Å². The quantitative estimate of drug-likeness (QED) is 0.645. The Balaban J connectivity index is 1.74. The molecule has 1 N–H and O–H groups in total. The normalized spacial score (nSPS) is 12.1. The molecule has 0 aliphatic carbocycles. The van der Waals surface area contributed by atoms with Crippen molar-refractivity contribution in [2.45, 2.75) is 18.4 Å². The average Bonchev–Trinajstić information content (AvgIpc) is 2.73. The molecule has 0 radical (unpaired) electrons. The maximum atomic E-state index is 13.2. The summed E-state index contributed by atoms with van der Waals surface area (Å²) < 4.78 is 0. The molecule has 1 amide bonds. The second-order valence-electron chi connectivity index (χ2n) is 7.31. The van der Waals surface area contributed by atoms with E-state index in [1.807, 2.05) is 66.7 Å². The summed E-state index contributed by atoms with van der Waals surface area (Å²) in [5.74, 6) is -0.265. The number of hydrogen-bond donors (Lipinski definition) is 1. The van der Waals surface area contributed by atoms with Crippen molar-refractivity contribution in [3.63, 3.8) is 0 Å². The minimum absolute atomic E-state index is 0.0392. The van der Waals surface area contributed by atoms with Gasteiger partial charge in [0.15, 0.2) is 0 Å². The lowest BCUT2D eigenvalue weighted by Gasteiger charge is -2.26. The van der Waals surface area contributed by atoms with Gasteiger partial charge in [0.05, 0.1) is 5.92 Å². The van der Waals surface area contributed by atoms with E-state index in [0.29, 0.717) is 6.54 Å². The summed E-state index contributed by atoms with van der Waals surface area (Å²) in [6.45, 7) is 0.608. The van der Waals surface area contributed by atoms with E-state index in [4.69, 9.17) is 0 Å². The van der Waals surface area contributed by atoms with Gasteiger partial charge < -0.3 is 10.2 Å². The van der Waals surface area contributed by atoms with Crippen molar-refractivity contribution in [1.82, 2.24) is 10.2 Å². The summed E-state index contributed by atoms with van der Waals surface area (Å²) in [4.78, 5) is 15.4. The predicted octanol–water partition coefficient (Wildman–Crippen LogP) is 4.11. The van der Waals surface area contributed by atoms with Gasteiger partial charge in [-0.1, -0.05) is 91.0 Å². The van der Waals surface area contributed by atoms with Crippen LogP contribution in [-0.4, -0.2) is 37.5 Å². The largest absolute Gasteiger partial charge is 0.354 e. The first-order chi connectivity index (χ1) is 13.6. The summed E-state index contributed by atoms with van der Waals surface area (Å²) >= 11 is 0. The van der Waals surface area contributed by atoms with E-state index >= 15 is 0 Å². The minimum atomic E-state index is -0.304. The number of benzene rings is 3. The second-order valence-corrected chi connectivity index (χ2v) is 7.31. The highest BCUT2D eigenvalue weighted by Gasteiger charge is 2.23. The van der Waals surface area contributed by atoms with Gasteiger partial charge in [-0.3, -0.25) is 4.79 Å². The van der Waals surface area contributed by atoms with E-state index in [0.717, 1.165) is 17.5 Å². The van der Waals surface area contributed by atoms with Crippen LogP contribution in [0, 0.1) is 0 Å². The van der Waals surface area contributed by atoms with E-state index < -0.39 is 0 Å². The lowest BCUT2D eigenvalue weighted by molar-refractivity contribution is -0.121. The number of hydrogen-bond acceptors (Lipinski definition) is 2. The summed E-state index contributed by atoms with van der Waals surface area (Å²) in [5, 5.41) is 3.20. The number of likely N-dealkylation sites (N-methyl/N-ethyl adjacent to an activating group) is 1. The average molecular weight is 373 g/mol. The Morgan fingerprint density at radius 1 is 0.786 bits per heavy atom. The SMILES string of the molecule is CN(C)[C@@H](CNC(=O)C(c1ccccc1)c1ccccc1)Cc1ccccc1. The van der Waals surface area contributed by atoms with Gasteiger partial charge in [0.2, 0.25) is 5.91 Å². The van der Waals surface area contributed by atoms with Gasteiger partial charge in [0.25, 0.3) is 0 Å². The summed E-state index contributed by atoms with van der Waals surface area (Å²) in [7, 11) is 4.12. The third kappa shape index (κ3) is 5.30. The van der Waals surface area contributed by atoms with Crippen LogP contribution in [0.1, 0.15) is 22.6 Å². The van der Waals surface area contributed by atoms with Crippen molar-refractivity contribution in [3.05, 3.63) is 108 Å². The van der Waals surface area contributed by atoms with Gasteiger partial charge in [0.1, 0.15) is 0 Å². The van der Waals surface area contributed by atoms with Gasteiger partial charge in [-0.25, -0.2) is 0 Å². The van der Waals surface area contributed by atoms with Crippen LogP contribution >= 0.6 is 0 Å². The molecule has 28 heavy (non-hydrogen) atoms. The first kappa shape index (κ1) is 19.8. The number of rotatable bonds is 8. The molecule has 0 aliphatic heterocycles. The Morgan fingerprint density at radius 3 is 1.71 bits per heavy atom. The van der Waals surface area contributed by atoms with Crippen LogP contribution in [0.2, 0.25) is 0 Å². The van der Waals surface area contributed by atoms with Crippen molar-refractivity contribution in [2.24, 2.45) is 0 Å². The predicted molar refractivity (Wildman–Crippen MR) is 115 cm³/mol. The van der Waals surface area contributed by atoms with Crippen LogP contribution in [0.5, 0.6) is 0 Å². The highest BCUT2D eigenvalue weighted by Crippen LogP contribution is 2.24. The Kier molecular flexibility index (Phi) is 6.99. The fourth-order valence-electron chi connectivity index (χ4n) is 3.43. The van der Waals surface area contributed by atoms with Crippen molar-refractivity contribution < 1.29 is 4.79 Å². The highest BCUT2D eigenvalue weighted by atomic mass is 16.1. The summed E-state index contributed by atoms with van der Waals surface area (Å²) in [5.41, 5.74) is 3.30. The molecule has 0 spiro atoms. The molecule has 3 aromatic carbocycles. The van der Waals surface area contributed by atoms with E-state index in [-0.39, 0.29) is 17.9 Å². The zero-order chi connectivity index (χ0) is 19.8. The fraction of sp³-hybridized carbons (Fsp3) is 0.240. The maximum absolute atomic E-state index is 13.2. The van der Waals surface area contributed by atoms with Crippen LogP contribution in [-0.2, 0) is 11.2 Å². The van der Waals surface area contributed by atoms with Gasteiger partial charge in [0, 0.05) is 12.6 Å². The molecular weight excluding hydrogens is 344 g/mol. The molecule has 1 atom stereocenters. The van der Waals surface area contributed by atoms with Crippen LogP contribution in [0.15, 0.2) is 91.0 Å². The van der Waals surface area contributed by atoms with E-state index in [1.54, 1.807) is 0 Å². The number of nitrogens with zero attached hydrogens (tertiary/aromatic N) is 1. The number of carbonyl (C=O) groups is 1. The summed E-state index contributed by atoms with van der Waals surface area (Å²) in [6, 6.07) is 30.6. The Hall–Kier alpha value is -2.91. The zero-order valence-electron chi connectivity index (χ0n) is 16.6. The van der Waals surface area contributed by atoms with Crippen LogP contribution in [0.4, 0.5) is 0 Å². The molecule has 3 aromatic rings. The first-order valence-electron chi connectivity index (χ1n) is 9.73. The van der Waals surface area contributed by atoms with Crippen molar-refractivity contribution in [1.29, 1.82) is 0 Å². The van der Waals surface area contributed by atoms with Gasteiger partial charge in [-0.05, 0) is 37.2 Å². The van der Waals surface area contributed by atoms with Crippen LogP contribution in [0.25, 0.3) is 0 Å². The molecule has 0 aromatic heterocycles. The number of amides is 1. The first-order valence-corrected chi connectivity index (χ1v) is 9.73. The molecule has 3 rings (SSSR count). The van der Waals surface area contributed by atoms with Gasteiger partial charge in [-0.15, -0.1) is 0 Å². The molecule has 0 heterocycles. The maximum Gasteiger partial charge on any atom is 0.232 e. The Labute approximate surface area is 168 Å². The standard InChI is InChI=1S/C25H28N2O/c1-27(2)23(18-20-12-6-3-7-13-20)19-26-25(28)24(21-14-8-4-9-15-21)22-16-10-5-11-17-22/h3-17,23-24H,18-19H2,1-2H3,(H,26,28)/t23-/m1/s1. The fourth-order valence-corrected chi connectivity index (χ4v) is 3.43. The topological polar surface area (TPSA) is 32.3 Å². The molecule has 3 nitrogen and oxygen atoms in total. The zero-order valence-corrected chi connectivity index (χ0v) is 16.6. The molecule has 0 bridgehead atoms.